The van der Waals surface area contributed by atoms with Crippen molar-refractivity contribution in [2.45, 2.75) is 6.92 Å². The van der Waals surface area contributed by atoms with Crippen molar-refractivity contribution in [1.82, 2.24) is 9.80 Å². The topological polar surface area (TPSA) is 6.48 Å². The van der Waals surface area contributed by atoms with Crippen LogP contribution in [0.15, 0.2) is 12.4 Å². The summed E-state index contributed by atoms with van der Waals surface area (Å²) in [7, 11) is 2.08. The Morgan fingerprint density at radius 2 is 1.54 bits per heavy atom. The second kappa shape index (κ2) is 15.5. The average Bonchev–Trinajstić information content (AvgIpc) is 2.14. The maximum atomic E-state index is 2.25. The first-order valence-corrected chi connectivity index (χ1v) is 2.95. The van der Waals surface area contributed by atoms with Gasteiger partial charge < -0.3 is 9.80 Å². The molecule has 0 amide bonds. The molecule has 0 fully saturated rings. The molecule has 0 atom stereocenters. The molecule has 0 unspecified atom stereocenters. The van der Waals surface area contributed by atoms with E-state index in [1.165, 1.54) is 0 Å². The second-order valence-electron chi connectivity index (χ2n) is 2.10. The van der Waals surface area contributed by atoms with Gasteiger partial charge in [0.15, 0.2) is 0 Å². The van der Waals surface area contributed by atoms with Gasteiger partial charge in [0, 0.05) is 43.1 Å². The maximum Gasteiger partial charge on any atom is 0.0890 e. The molecule has 7 heteroatoms. The minimum atomic E-state index is 0. The largest absolute Gasteiger partial charge is 0.362 e. The zero-order valence-electron chi connectivity index (χ0n) is 7.45. The van der Waals surface area contributed by atoms with E-state index >= 15 is 0 Å². The van der Waals surface area contributed by atoms with Crippen LogP contribution in [0.4, 0.5) is 0 Å². The Bertz CT molecular complexity index is 115. The fraction of sp³-hybridized carbons (Fsp3) is 0.667. The molecule has 1 aliphatic heterocycles. The van der Waals surface area contributed by atoms with Crippen molar-refractivity contribution in [1.29, 1.82) is 0 Å². The Balaban J connectivity index is -0.0000000427. The number of halogens is 4. The smallest absolute Gasteiger partial charge is 0.0890 e. The van der Waals surface area contributed by atoms with Gasteiger partial charge in [0.05, 0.1) is 6.67 Å². The summed E-state index contributed by atoms with van der Waals surface area (Å²) in [6.07, 6.45) is 4.20. The van der Waals surface area contributed by atoms with E-state index < -0.39 is 0 Å². The van der Waals surface area contributed by atoms with Gasteiger partial charge in [0.2, 0.25) is 0 Å². The SMILES string of the molecule is CCN1C=CN(C)C1.Cl.Cl.Cl.Cl.[Fe]. The van der Waals surface area contributed by atoms with Crippen LogP contribution >= 0.6 is 49.6 Å². The van der Waals surface area contributed by atoms with Gasteiger partial charge >= 0.3 is 0 Å². The van der Waals surface area contributed by atoms with Gasteiger partial charge in [-0.25, -0.2) is 0 Å². The van der Waals surface area contributed by atoms with Gasteiger partial charge in [0.1, 0.15) is 0 Å². The summed E-state index contributed by atoms with van der Waals surface area (Å²) < 4.78 is 0. The standard InChI is InChI=1S/C6H12N2.4ClH.Fe/c1-3-8-5-4-7(2)6-8;;;;;/h4-5H,3,6H2,1-2H3;4*1H;. The molecule has 0 aromatic carbocycles. The molecule has 1 rings (SSSR count). The van der Waals surface area contributed by atoms with Crippen molar-refractivity contribution < 1.29 is 17.1 Å². The molecule has 1 aliphatic rings. The van der Waals surface area contributed by atoms with Gasteiger partial charge in [-0.2, -0.15) is 0 Å². The molecule has 0 saturated heterocycles. The molecule has 0 spiro atoms. The number of rotatable bonds is 1. The molecule has 0 aliphatic carbocycles. The molecule has 0 radical (unpaired) electrons. The first kappa shape index (κ1) is 29.2. The van der Waals surface area contributed by atoms with Gasteiger partial charge in [-0.15, -0.1) is 49.6 Å². The summed E-state index contributed by atoms with van der Waals surface area (Å²) in [5.74, 6) is 0. The van der Waals surface area contributed by atoms with Crippen molar-refractivity contribution >= 4 is 49.6 Å². The predicted molar refractivity (Wildman–Crippen MR) is 63.1 cm³/mol. The molecule has 0 saturated carbocycles. The average molecular weight is 314 g/mol. The summed E-state index contributed by atoms with van der Waals surface area (Å²) in [5, 5.41) is 0. The van der Waals surface area contributed by atoms with E-state index in [4.69, 9.17) is 0 Å². The Hall–Kier alpha value is 1.02. The van der Waals surface area contributed by atoms with Crippen LogP contribution in [-0.4, -0.2) is 30.1 Å². The Morgan fingerprint density at radius 1 is 1.08 bits per heavy atom. The zero-order chi connectivity index (χ0) is 5.98. The quantitative estimate of drug-likeness (QED) is 0.686. The van der Waals surface area contributed by atoms with E-state index in [2.05, 4.69) is 36.2 Å². The normalized spacial score (nSPS) is 11.2. The molecule has 2 nitrogen and oxygen atoms in total. The third-order valence-corrected chi connectivity index (χ3v) is 1.34. The molecule has 13 heavy (non-hydrogen) atoms. The van der Waals surface area contributed by atoms with E-state index in [0.717, 1.165) is 13.2 Å². The molecular weight excluding hydrogens is 298 g/mol. The number of nitrogens with zero attached hydrogens (tertiary/aromatic N) is 2. The van der Waals surface area contributed by atoms with E-state index in [9.17, 15) is 0 Å². The predicted octanol–water partition coefficient (Wildman–Crippen LogP) is 2.37. The summed E-state index contributed by atoms with van der Waals surface area (Å²) in [6.45, 7) is 4.32. The minimum Gasteiger partial charge on any atom is -0.362 e. The Kier molecular flexibility index (Phi) is 34.8. The zero-order valence-corrected chi connectivity index (χ0v) is 11.8. The molecule has 0 N–H and O–H groups in total. The van der Waals surface area contributed by atoms with Crippen molar-refractivity contribution in [3.8, 4) is 0 Å². The first-order chi connectivity index (χ1) is 3.83. The maximum absolute atomic E-state index is 2.25. The van der Waals surface area contributed by atoms with Crippen LogP contribution in [0.25, 0.3) is 0 Å². The van der Waals surface area contributed by atoms with Crippen LogP contribution in [0.1, 0.15) is 6.92 Å². The van der Waals surface area contributed by atoms with E-state index in [1.54, 1.807) is 0 Å². The van der Waals surface area contributed by atoms with Crippen LogP contribution in [-0.2, 0) is 17.1 Å². The molecule has 0 aromatic rings. The van der Waals surface area contributed by atoms with Crippen LogP contribution in [0.3, 0.4) is 0 Å². The number of hydrogen-bond acceptors (Lipinski definition) is 2. The van der Waals surface area contributed by atoms with Crippen molar-refractivity contribution in [2.75, 3.05) is 20.3 Å². The summed E-state index contributed by atoms with van der Waals surface area (Å²) >= 11 is 0. The van der Waals surface area contributed by atoms with Crippen LogP contribution in [0, 0.1) is 0 Å². The van der Waals surface area contributed by atoms with Gasteiger partial charge in [-0.05, 0) is 6.92 Å². The molecule has 0 aromatic heterocycles. The third-order valence-electron chi connectivity index (χ3n) is 1.34. The van der Waals surface area contributed by atoms with Crippen LogP contribution in [0.2, 0.25) is 0 Å². The van der Waals surface area contributed by atoms with Crippen molar-refractivity contribution in [3.63, 3.8) is 0 Å². The Labute approximate surface area is 116 Å². The monoisotopic (exact) mass is 312 g/mol. The molecule has 0 bridgehead atoms. The molecule has 86 valence electrons. The summed E-state index contributed by atoms with van der Waals surface area (Å²) in [5.41, 5.74) is 0. The van der Waals surface area contributed by atoms with Crippen LogP contribution < -0.4 is 0 Å². The summed E-state index contributed by atoms with van der Waals surface area (Å²) in [6, 6.07) is 0. The van der Waals surface area contributed by atoms with Gasteiger partial charge in [-0.1, -0.05) is 0 Å². The van der Waals surface area contributed by atoms with Crippen LogP contribution in [0.5, 0.6) is 0 Å². The van der Waals surface area contributed by atoms with Gasteiger partial charge in [-0.3, -0.25) is 0 Å². The van der Waals surface area contributed by atoms with Crippen molar-refractivity contribution in [3.05, 3.63) is 12.4 Å². The molecule has 1 heterocycles. The van der Waals surface area contributed by atoms with E-state index in [0.29, 0.717) is 0 Å². The molecular formula is C6H16Cl4FeN2. The third kappa shape index (κ3) is 10.9. The van der Waals surface area contributed by atoms with Crippen molar-refractivity contribution in [2.24, 2.45) is 0 Å². The van der Waals surface area contributed by atoms with E-state index in [-0.39, 0.29) is 66.7 Å². The minimum absolute atomic E-state index is 0. The summed E-state index contributed by atoms with van der Waals surface area (Å²) in [4.78, 5) is 4.41. The number of hydrogen-bond donors (Lipinski definition) is 0. The van der Waals surface area contributed by atoms with E-state index in [1.807, 2.05) is 0 Å². The Morgan fingerprint density at radius 3 is 1.69 bits per heavy atom. The fourth-order valence-electron chi connectivity index (χ4n) is 0.794. The van der Waals surface area contributed by atoms with Gasteiger partial charge in [0.25, 0.3) is 0 Å². The second-order valence-corrected chi connectivity index (χ2v) is 2.10. The first-order valence-electron chi connectivity index (χ1n) is 2.95. The fourth-order valence-corrected chi connectivity index (χ4v) is 0.794.